The van der Waals surface area contributed by atoms with Crippen LogP contribution in [0.5, 0.6) is 0 Å². The standard InChI is InChI=1S/C21H25N3O3/c1-3-27-21(26)17-6-4-5-13(2)20(25)24-19-12-15(22)7-8-16(19)14-9-10-23-18(17)11-14/h7-13,17H,3-6,22H2,1-2H3,(H,24,25). The van der Waals surface area contributed by atoms with Crippen LogP contribution in [-0.2, 0) is 14.3 Å². The Morgan fingerprint density at radius 2 is 2.11 bits per heavy atom. The van der Waals surface area contributed by atoms with Gasteiger partial charge in [0.05, 0.1) is 23.9 Å². The van der Waals surface area contributed by atoms with Gasteiger partial charge in [0.1, 0.15) is 0 Å². The fourth-order valence-corrected chi connectivity index (χ4v) is 3.37. The monoisotopic (exact) mass is 367 g/mol. The molecule has 1 amide bonds. The zero-order valence-corrected chi connectivity index (χ0v) is 15.7. The number of nitrogens with one attached hydrogen (secondary N) is 1. The van der Waals surface area contributed by atoms with Crippen molar-refractivity contribution in [1.82, 2.24) is 4.98 Å². The molecule has 2 atom stereocenters. The third-order valence-electron chi connectivity index (χ3n) is 4.90. The predicted octanol–water partition coefficient (Wildman–Crippen LogP) is 3.74. The van der Waals surface area contributed by atoms with Crippen LogP contribution in [0.25, 0.3) is 11.1 Å². The summed E-state index contributed by atoms with van der Waals surface area (Å²) in [4.78, 5) is 29.5. The van der Waals surface area contributed by atoms with E-state index in [-0.39, 0.29) is 17.8 Å². The molecule has 2 heterocycles. The van der Waals surface area contributed by atoms with E-state index >= 15 is 0 Å². The molecule has 6 heteroatoms. The summed E-state index contributed by atoms with van der Waals surface area (Å²) in [6, 6.07) is 9.19. The maximum atomic E-state index is 12.6. The van der Waals surface area contributed by atoms with Crippen LogP contribution in [0.3, 0.4) is 0 Å². The van der Waals surface area contributed by atoms with Gasteiger partial charge in [0, 0.05) is 23.4 Å². The Hall–Kier alpha value is -2.89. The summed E-state index contributed by atoms with van der Waals surface area (Å²) in [7, 11) is 0. The quantitative estimate of drug-likeness (QED) is 0.623. The number of amides is 1. The number of carbonyl (C=O) groups is 2. The van der Waals surface area contributed by atoms with Gasteiger partial charge in [-0.3, -0.25) is 14.6 Å². The molecule has 1 aliphatic heterocycles. The molecule has 3 N–H and O–H groups in total. The van der Waals surface area contributed by atoms with Crippen molar-refractivity contribution in [2.24, 2.45) is 5.92 Å². The lowest BCUT2D eigenvalue weighted by Gasteiger charge is -2.20. The largest absolute Gasteiger partial charge is 0.465 e. The molecule has 0 spiro atoms. The number of nitrogens with two attached hydrogens (primary N) is 1. The number of nitrogens with zero attached hydrogens (tertiary/aromatic N) is 1. The SMILES string of the molecule is CCOC(=O)C1CCCC(C)C(=O)Nc2cc(N)ccc2-c2ccnc1c2. The molecule has 1 aromatic carbocycles. The van der Waals surface area contributed by atoms with E-state index in [4.69, 9.17) is 10.5 Å². The van der Waals surface area contributed by atoms with E-state index in [1.165, 1.54) is 0 Å². The van der Waals surface area contributed by atoms with Gasteiger partial charge in [-0.2, -0.15) is 0 Å². The minimum absolute atomic E-state index is 0.0515. The number of aromatic nitrogens is 1. The van der Waals surface area contributed by atoms with Gasteiger partial charge in [0.2, 0.25) is 5.91 Å². The topological polar surface area (TPSA) is 94.3 Å². The molecule has 1 aliphatic rings. The van der Waals surface area contributed by atoms with Crippen molar-refractivity contribution in [3.63, 3.8) is 0 Å². The maximum absolute atomic E-state index is 12.6. The van der Waals surface area contributed by atoms with Crippen molar-refractivity contribution >= 4 is 23.3 Å². The van der Waals surface area contributed by atoms with Crippen LogP contribution in [0.1, 0.15) is 44.7 Å². The predicted molar refractivity (Wildman–Crippen MR) is 105 cm³/mol. The lowest BCUT2D eigenvalue weighted by molar-refractivity contribution is -0.145. The average molecular weight is 367 g/mol. The number of fused-ring (bicyclic) bond motifs is 4. The van der Waals surface area contributed by atoms with Crippen LogP contribution in [0.4, 0.5) is 11.4 Å². The Morgan fingerprint density at radius 3 is 2.89 bits per heavy atom. The highest BCUT2D eigenvalue weighted by molar-refractivity contribution is 5.97. The molecular weight excluding hydrogens is 342 g/mol. The van der Waals surface area contributed by atoms with E-state index in [1.807, 2.05) is 25.1 Å². The summed E-state index contributed by atoms with van der Waals surface area (Å²) in [5, 5.41) is 3.00. The smallest absolute Gasteiger partial charge is 0.315 e. The van der Waals surface area contributed by atoms with Gasteiger partial charge < -0.3 is 15.8 Å². The summed E-state index contributed by atoms with van der Waals surface area (Å²) >= 11 is 0. The third kappa shape index (κ3) is 4.27. The fourth-order valence-electron chi connectivity index (χ4n) is 3.37. The van der Waals surface area contributed by atoms with Crippen LogP contribution in [-0.4, -0.2) is 23.5 Å². The number of ether oxygens (including phenoxy) is 1. The highest BCUT2D eigenvalue weighted by Crippen LogP contribution is 2.33. The third-order valence-corrected chi connectivity index (χ3v) is 4.90. The average Bonchev–Trinajstić information content (AvgIpc) is 2.64. The van der Waals surface area contributed by atoms with Crippen molar-refractivity contribution < 1.29 is 14.3 Å². The van der Waals surface area contributed by atoms with Crippen LogP contribution >= 0.6 is 0 Å². The number of pyridine rings is 1. The van der Waals surface area contributed by atoms with Crippen LogP contribution in [0.15, 0.2) is 36.5 Å². The van der Waals surface area contributed by atoms with E-state index in [1.54, 1.807) is 25.3 Å². The Morgan fingerprint density at radius 1 is 1.30 bits per heavy atom. The molecule has 2 bridgehead atoms. The lowest BCUT2D eigenvalue weighted by atomic mass is 9.91. The maximum Gasteiger partial charge on any atom is 0.315 e. The van der Waals surface area contributed by atoms with Crippen LogP contribution < -0.4 is 11.1 Å². The molecule has 3 rings (SSSR count). The normalized spacial score (nSPS) is 19.9. The Balaban J connectivity index is 2.10. The van der Waals surface area contributed by atoms with Gasteiger partial charge in [0.15, 0.2) is 0 Å². The molecule has 0 aliphatic carbocycles. The first kappa shape index (κ1) is 18.9. The number of nitrogen functional groups attached to an aromatic ring is 1. The minimum atomic E-state index is -0.434. The molecule has 0 fully saturated rings. The second-order valence-corrected chi connectivity index (χ2v) is 6.90. The molecule has 27 heavy (non-hydrogen) atoms. The van der Waals surface area contributed by atoms with Gasteiger partial charge in [-0.15, -0.1) is 0 Å². The number of carbonyl (C=O) groups excluding carboxylic acids is 2. The van der Waals surface area contributed by atoms with E-state index in [9.17, 15) is 9.59 Å². The number of hydrogen-bond acceptors (Lipinski definition) is 5. The highest BCUT2D eigenvalue weighted by atomic mass is 16.5. The van der Waals surface area contributed by atoms with Crippen molar-refractivity contribution in [2.45, 2.75) is 39.0 Å². The van der Waals surface area contributed by atoms with E-state index in [2.05, 4.69) is 10.3 Å². The Labute approximate surface area is 159 Å². The molecule has 0 saturated heterocycles. The summed E-state index contributed by atoms with van der Waals surface area (Å²) in [6.45, 7) is 4.02. The second kappa shape index (κ2) is 8.20. The summed E-state index contributed by atoms with van der Waals surface area (Å²) in [5.41, 5.74) is 9.57. The minimum Gasteiger partial charge on any atom is -0.465 e. The lowest BCUT2D eigenvalue weighted by Crippen LogP contribution is -2.22. The fraction of sp³-hybridized carbons (Fsp3) is 0.381. The molecule has 142 valence electrons. The van der Waals surface area contributed by atoms with Gasteiger partial charge in [-0.05, 0) is 49.6 Å². The van der Waals surface area contributed by atoms with Gasteiger partial charge >= 0.3 is 5.97 Å². The zero-order valence-electron chi connectivity index (χ0n) is 15.7. The number of hydrogen-bond donors (Lipinski definition) is 2. The van der Waals surface area contributed by atoms with Crippen molar-refractivity contribution in [3.8, 4) is 11.1 Å². The molecule has 2 aromatic rings. The highest BCUT2D eigenvalue weighted by Gasteiger charge is 2.25. The van der Waals surface area contributed by atoms with E-state index in [0.29, 0.717) is 36.5 Å². The first-order chi connectivity index (χ1) is 13.0. The van der Waals surface area contributed by atoms with Crippen molar-refractivity contribution in [3.05, 3.63) is 42.2 Å². The molecule has 0 saturated carbocycles. The Kier molecular flexibility index (Phi) is 5.74. The first-order valence-electron chi connectivity index (χ1n) is 9.33. The van der Waals surface area contributed by atoms with Gasteiger partial charge in [-0.1, -0.05) is 19.4 Å². The zero-order chi connectivity index (χ0) is 19.4. The van der Waals surface area contributed by atoms with Gasteiger partial charge in [0.25, 0.3) is 0 Å². The molecule has 1 aromatic heterocycles. The van der Waals surface area contributed by atoms with Crippen molar-refractivity contribution in [1.29, 1.82) is 0 Å². The summed E-state index contributed by atoms with van der Waals surface area (Å²) in [6.07, 6.45) is 3.70. The van der Waals surface area contributed by atoms with Gasteiger partial charge in [-0.25, -0.2) is 0 Å². The number of rotatable bonds is 2. The first-order valence-corrected chi connectivity index (χ1v) is 9.33. The number of anilines is 2. The molecule has 0 radical (unpaired) electrons. The molecule has 2 unspecified atom stereocenters. The Bertz CT molecular complexity index is 850. The molecule has 6 nitrogen and oxygen atoms in total. The van der Waals surface area contributed by atoms with Crippen LogP contribution in [0, 0.1) is 5.92 Å². The van der Waals surface area contributed by atoms with E-state index in [0.717, 1.165) is 17.5 Å². The van der Waals surface area contributed by atoms with E-state index < -0.39 is 5.92 Å². The summed E-state index contributed by atoms with van der Waals surface area (Å²) in [5.74, 6) is -0.928. The second-order valence-electron chi connectivity index (χ2n) is 6.90. The summed E-state index contributed by atoms with van der Waals surface area (Å²) < 4.78 is 5.26. The number of esters is 1. The van der Waals surface area contributed by atoms with Crippen molar-refractivity contribution in [2.75, 3.05) is 17.7 Å². The number of benzene rings is 1. The van der Waals surface area contributed by atoms with Crippen LogP contribution in [0.2, 0.25) is 0 Å². The molecular formula is C21H25N3O3.